The lowest BCUT2D eigenvalue weighted by Crippen LogP contribution is -2.40. The van der Waals surface area contributed by atoms with Gasteiger partial charge in [-0.05, 0) is 12.3 Å². The average Bonchev–Trinajstić information content (AvgIpc) is 2.69. The number of amides is 1. The third-order valence-electron chi connectivity index (χ3n) is 3.14. The molecule has 1 heterocycles. The van der Waals surface area contributed by atoms with E-state index in [4.69, 9.17) is 9.84 Å². The van der Waals surface area contributed by atoms with Crippen LogP contribution in [0.1, 0.15) is 33.1 Å². The molecule has 0 aromatic rings. The van der Waals surface area contributed by atoms with Gasteiger partial charge in [-0.25, -0.2) is 4.79 Å². The first-order valence-electron chi connectivity index (χ1n) is 6.00. The van der Waals surface area contributed by atoms with Gasteiger partial charge >= 0.3 is 5.97 Å². The van der Waals surface area contributed by atoms with Crippen LogP contribution < -0.4 is 0 Å². The molecule has 1 N–H and O–H groups in total. The Morgan fingerprint density at radius 1 is 1.47 bits per heavy atom. The Balaban J connectivity index is 2.60. The Bertz CT molecular complexity index is 290. The molecule has 0 radical (unpaired) electrons. The molecule has 0 aromatic carbocycles. The van der Waals surface area contributed by atoms with Crippen LogP contribution in [-0.2, 0) is 14.3 Å². The lowest BCUT2D eigenvalue weighted by atomic mass is 10.1. The molecule has 1 saturated heterocycles. The third kappa shape index (κ3) is 3.70. The van der Waals surface area contributed by atoms with Gasteiger partial charge in [0.15, 0.2) is 0 Å². The standard InChI is InChI=1S/C12H21NO4/c1-8(2)4-5-11(14)13-7-9(17-3)6-10(13)12(15)16/h8-10H,4-7H2,1-3H3,(H,15,16). The molecule has 1 fully saturated rings. The summed E-state index contributed by atoms with van der Waals surface area (Å²) in [6.45, 7) is 4.48. The summed E-state index contributed by atoms with van der Waals surface area (Å²) in [7, 11) is 1.55. The number of carboxylic acids is 1. The number of ether oxygens (including phenoxy) is 1. The highest BCUT2D eigenvalue weighted by Crippen LogP contribution is 2.22. The van der Waals surface area contributed by atoms with Crippen molar-refractivity contribution < 1.29 is 19.4 Å². The lowest BCUT2D eigenvalue weighted by molar-refractivity contribution is -0.148. The maximum absolute atomic E-state index is 11.9. The van der Waals surface area contributed by atoms with Crippen LogP contribution in [0.5, 0.6) is 0 Å². The molecule has 0 bridgehead atoms. The van der Waals surface area contributed by atoms with E-state index in [1.807, 2.05) is 13.8 Å². The molecule has 1 aliphatic heterocycles. The molecule has 5 heteroatoms. The van der Waals surface area contributed by atoms with E-state index in [2.05, 4.69) is 0 Å². The smallest absolute Gasteiger partial charge is 0.326 e. The SMILES string of the molecule is COC1CC(C(=O)O)N(C(=O)CCC(C)C)C1. The molecule has 1 aliphatic rings. The summed E-state index contributed by atoms with van der Waals surface area (Å²) in [6, 6.07) is -0.723. The van der Waals surface area contributed by atoms with Gasteiger partial charge in [0, 0.05) is 26.5 Å². The first-order chi connectivity index (χ1) is 7.95. The van der Waals surface area contributed by atoms with E-state index < -0.39 is 12.0 Å². The van der Waals surface area contributed by atoms with Crippen molar-refractivity contribution in [1.29, 1.82) is 0 Å². The van der Waals surface area contributed by atoms with Gasteiger partial charge in [-0.1, -0.05) is 13.8 Å². The van der Waals surface area contributed by atoms with Gasteiger partial charge in [-0.15, -0.1) is 0 Å². The highest BCUT2D eigenvalue weighted by molar-refractivity contribution is 5.84. The van der Waals surface area contributed by atoms with Gasteiger partial charge in [0.2, 0.25) is 5.91 Å². The molecule has 17 heavy (non-hydrogen) atoms. The zero-order valence-electron chi connectivity index (χ0n) is 10.7. The number of aliphatic carboxylic acids is 1. The minimum Gasteiger partial charge on any atom is -0.480 e. The zero-order chi connectivity index (χ0) is 13.0. The molecule has 1 amide bonds. The van der Waals surface area contributed by atoms with Crippen molar-refractivity contribution >= 4 is 11.9 Å². The molecule has 5 nitrogen and oxygen atoms in total. The highest BCUT2D eigenvalue weighted by Gasteiger charge is 2.39. The van der Waals surface area contributed by atoms with E-state index in [9.17, 15) is 9.59 Å². The van der Waals surface area contributed by atoms with Crippen molar-refractivity contribution in [2.75, 3.05) is 13.7 Å². The number of carboxylic acid groups (broad SMARTS) is 1. The monoisotopic (exact) mass is 243 g/mol. The van der Waals surface area contributed by atoms with E-state index in [0.717, 1.165) is 6.42 Å². The van der Waals surface area contributed by atoms with Crippen LogP contribution in [0.4, 0.5) is 0 Å². The lowest BCUT2D eigenvalue weighted by Gasteiger charge is -2.21. The van der Waals surface area contributed by atoms with Gasteiger partial charge in [-0.2, -0.15) is 0 Å². The van der Waals surface area contributed by atoms with Crippen molar-refractivity contribution in [3.63, 3.8) is 0 Å². The summed E-state index contributed by atoms with van der Waals surface area (Å²) in [4.78, 5) is 24.4. The Labute approximate surface area is 102 Å². The van der Waals surface area contributed by atoms with Gasteiger partial charge in [-0.3, -0.25) is 4.79 Å². The first kappa shape index (κ1) is 14.0. The maximum Gasteiger partial charge on any atom is 0.326 e. The van der Waals surface area contributed by atoms with Crippen LogP contribution >= 0.6 is 0 Å². The van der Waals surface area contributed by atoms with E-state index in [1.54, 1.807) is 7.11 Å². The molecule has 2 atom stereocenters. The summed E-state index contributed by atoms with van der Waals surface area (Å²) in [5, 5.41) is 9.07. The fourth-order valence-electron chi connectivity index (χ4n) is 2.03. The fraction of sp³-hybridized carbons (Fsp3) is 0.833. The number of nitrogens with zero attached hydrogens (tertiary/aromatic N) is 1. The summed E-state index contributed by atoms with van der Waals surface area (Å²) in [5.41, 5.74) is 0. The average molecular weight is 243 g/mol. The third-order valence-corrected chi connectivity index (χ3v) is 3.14. The Kier molecular flexibility index (Phi) is 4.93. The predicted octanol–water partition coefficient (Wildman–Crippen LogP) is 1.12. The zero-order valence-corrected chi connectivity index (χ0v) is 10.7. The van der Waals surface area contributed by atoms with E-state index >= 15 is 0 Å². The number of hydrogen-bond acceptors (Lipinski definition) is 3. The number of methoxy groups -OCH3 is 1. The molecule has 1 rings (SSSR count). The van der Waals surface area contributed by atoms with Crippen molar-refractivity contribution in [1.82, 2.24) is 4.90 Å². The minimum atomic E-state index is -0.942. The van der Waals surface area contributed by atoms with Gasteiger partial charge in [0.1, 0.15) is 6.04 Å². The van der Waals surface area contributed by atoms with Crippen LogP contribution in [0, 0.1) is 5.92 Å². The molecule has 2 unspecified atom stereocenters. The number of likely N-dealkylation sites (tertiary alicyclic amines) is 1. The van der Waals surface area contributed by atoms with Crippen molar-refractivity contribution in [3.05, 3.63) is 0 Å². The summed E-state index contributed by atoms with van der Waals surface area (Å²) in [5.74, 6) is -0.573. The first-order valence-corrected chi connectivity index (χ1v) is 6.00. The molecule has 98 valence electrons. The number of rotatable bonds is 5. The minimum absolute atomic E-state index is 0.0781. The van der Waals surface area contributed by atoms with Crippen LogP contribution in [0.25, 0.3) is 0 Å². The van der Waals surface area contributed by atoms with E-state index in [-0.39, 0.29) is 12.0 Å². The Morgan fingerprint density at radius 3 is 2.59 bits per heavy atom. The molecule has 0 saturated carbocycles. The van der Waals surface area contributed by atoms with Gasteiger partial charge < -0.3 is 14.7 Å². The van der Waals surface area contributed by atoms with Gasteiger partial charge in [0.05, 0.1) is 6.10 Å². The highest BCUT2D eigenvalue weighted by atomic mass is 16.5. The van der Waals surface area contributed by atoms with E-state index in [1.165, 1.54) is 4.90 Å². The van der Waals surface area contributed by atoms with Crippen LogP contribution in [0.15, 0.2) is 0 Å². The quantitative estimate of drug-likeness (QED) is 0.785. The molecular weight excluding hydrogens is 222 g/mol. The molecule has 0 spiro atoms. The summed E-state index contributed by atoms with van der Waals surface area (Å²) >= 11 is 0. The Morgan fingerprint density at radius 2 is 2.12 bits per heavy atom. The van der Waals surface area contributed by atoms with Gasteiger partial charge in [0.25, 0.3) is 0 Å². The second-order valence-electron chi connectivity index (χ2n) is 4.93. The van der Waals surface area contributed by atoms with Crippen molar-refractivity contribution in [2.45, 2.75) is 45.3 Å². The fourth-order valence-corrected chi connectivity index (χ4v) is 2.03. The Hall–Kier alpha value is -1.10. The summed E-state index contributed by atoms with van der Waals surface area (Å²) in [6.07, 6.45) is 1.44. The largest absolute Gasteiger partial charge is 0.480 e. The normalized spacial score (nSPS) is 24.4. The molecule has 0 aromatic heterocycles. The maximum atomic E-state index is 11.9. The van der Waals surface area contributed by atoms with Crippen molar-refractivity contribution in [3.8, 4) is 0 Å². The predicted molar refractivity (Wildman–Crippen MR) is 62.6 cm³/mol. The molecular formula is C12H21NO4. The second-order valence-corrected chi connectivity index (χ2v) is 4.93. The van der Waals surface area contributed by atoms with Crippen molar-refractivity contribution in [2.24, 2.45) is 5.92 Å². The number of hydrogen-bond donors (Lipinski definition) is 1. The molecule has 0 aliphatic carbocycles. The van der Waals surface area contributed by atoms with Crippen LogP contribution in [-0.4, -0.2) is 47.7 Å². The van der Waals surface area contributed by atoms with Crippen LogP contribution in [0.2, 0.25) is 0 Å². The number of carbonyl (C=O) groups excluding carboxylic acids is 1. The van der Waals surface area contributed by atoms with E-state index in [0.29, 0.717) is 25.3 Å². The summed E-state index contributed by atoms with van der Waals surface area (Å²) < 4.78 is 5.14. The second kappa shape index (κ2) is 6.00. The topological polar surface area (TPSA) is 66.8 Å². The number of carbonyl (C=O) groups is 2. The van der Waals surface area contributed by atoms with Crippen LogP contribution in [0.3, 0.4) is 0 Å².